The Balaban J connectivity index is 1.92. The third kappa shape index (κ3) is 4.61. The van der Waals surface area contributed by atoms with Gasteiger partial charge < -0.3 is 19.4 Å². The van der Waals surface area contributed by atoms with E-state index in [9.17, 15) is 4.79 Å². The Morgan fingerprint density at radius 3 is 2.91 bits per heavy atom. The fraction of sp³-hybridized carbons (Fsp3) is 0.312. The summed E-state index contributed by atoms with van der Waals surface area (Å²) in [7, 11) is 3.60. The number of nitrogens with zero attached hydrogens (tertiary/aromatic N) is 1. The zero-order valence-corrected chi connectivity index (χ0v) is 14.2. The van der Waals surface area contributed by atoms with Crippen molar-refractivity contribution in [3.63, 3.8) is 0 Å². The summed E-state index contributed by atoms with van der Waals surface area (Å²) in [6.45, 7) is 1.64. The lowest BCUT2D eigenvalue weighted by Gasteiger charge is -2.15. The molecule has 1 aromatic carbocycles. The van der Waals surface area contributed by atoms with Crippen molar-refractivity contribution in [3.05, 3.63) is 52.4 Å². The van der Waals surface area contributed by atoms with E-state index in [1.54, 1.807) is 24.1 Å². The summed E-state index contributed by atoms with van der Waals surface area (Å²) in [6.07, 6.45) is 0. The molecule has 1 N–H and O–H groups in total. The molecule has 0 radical (unpaired) electrons. The predicted molar refractivity (Wildman–Crippen MR) is 88.1 cm³/mol. The third-order valence-corrected chi connectivity index (χ3v) is 3.59. The highest BCUT2D eigenvalue weighted by Crippen LogP contribution is 2.19. The van der Waals surface area contributed by atoms with Gasteiger partial charge in [-0.15, -0.1) is 0 Å². The summed E-state index contributed by atoms with van der Waals surface area (Å²) in [4.78, 5) is 13.8. The molecule has 1 heterocycles. The van der Waals surface area contributed by atoms with Gasteiger partial charge in [0.1, 0.15) is 18.1 Å². The molecule has 1 amide bonds. The van der Waals surface area contributed by atoms with Crippen LogP contribution >= 0.6 is 15.9 Å². The number of likely N-dealkylation sites (N-methyl/N-ethyl adjacent to an activating group) is 2. The molecule has 1 aromatic heterocycles. The molecule has 0 fully saturated rings. The van der Waals surface area contributed by atoms with E-state index in [2.05, 4.69) is 21.2 Å². The second-order valence-corrected chi connectivity index (χ2v) is 5.76. The zero-order chi connectivity index (χ0) is 15.9. The van der Waals surface area contributed by atoms with Crippen LogP contribution in [0.3, 0.4) is 0 Å². The zero-order valence-electron chi connectivity index (χ0n) is 12.6. The summed E-state index contributed by atoms with van der Waals surface area (Å²) in [5.41, 5.74) is 0. The van der Waals surface area contributed by atoms with Gasteiger partial charge in [0.2, 0.25) is 0 Å². The van der Waals surface area contributed by atoms with E-state index in [4.69, 9.17) is 9.15 Å². The minimum absolute atomic E-state index is 0.135. The molecule has 118 valence electrons. The molecule has 2 rings (SSSR count). The van der Waals surface area contributed by atoms with Gasteiger partial charge in [0.05, 0.1) is 0 Å². The van der Waals surface area contributed by atoms with Crippen molar-refractivity contribution < 1.29 is 13.9 Å². The first-order chi connectivity index (χ1) is 10.6. The van der Waals surface area contributed by atoms with E-state index in [0.29, 0.717) is 18.1 Å². The lowest BCUT2D eigenvalue weighted by molar-refractivity contribution is 0.0761. The number of carbonyl (C=O) groups excluding carboxylic acids is 1. The van der Waals surface area contributed by atoms with Crippen LogP contribution in [-0.2, 0) is 6.61 Å². The Hall–Kier alpha value is -1.79. The average molecular weight is 367 g/mol. The summed E-state index contributed by atoms with van der Waals surface area (Å²) in [6, 6.07) is 11.0. The fourth-order valence-electron chi connectivity index (χ4n) is 1.85. The van der Waals surface area contributed by atoms with Crippen molar-refractivity contribution in [3.8, 4) is 5.75 Å². The Morgan fingerprint density at radius 1 is 1.36 bits per heavy atom. The molecule has 0 bridgehead atoms. The lowest BCUT2D eigenvalue weighted by atomic mass is 10.3. The first kappa shape index (κ1) is 16.6. The molecule has 0 atom stereocenters. The number of hydrogen-bond acceptors (Lipinski definition) is 4. The molecular weight excluding hydrogens is 348 g/mol. The molecule has 0 spiro atoms. The van der Waals surface area contributed by atoms with E-state index in [-0.39, 0.29) is 12.5 Å². The number of hydrogen-bond donors (Lipinski definition) is 1. The van der Waals surface area contributed by atoms with Crippen LogP contribution in [0.25, 0.3) is 0 Å². The van der Waals surface area contributed by atoms with Crippen LogP contribution in [0.5, 0.6) is 5.75 Å². The highest BCUT2D eigenvalue weighted by atomic mass is 79.9. The van der Waals surface area contributed by atoms with Gasteiger partial charge in [-0.05, 0) is 37.4 Å². The van der Waals surface area contributed by atoms with Gasteiger partial charge in [-0.2, -0.15) is 0 Å². The quantitative estimate of drug-likeness (QED) is 0.818. The smallest absolute Gasteiger partial charge is 0.289 e. The summed E-state index contributed by atoms with van der Waals surface area (Å²) < 4.78 is 12.1. The van der Waals surface area contributed by atoms with Crippen LogP contribution in [0, 0.1) is 0 Å². The number of rotatable bonds is 7. The minimum atomic E-state index is -0.135. The molecule has 6 heteroatoms. The SMILES string of the molecule is CNCCN(C)C(=O)c1ccc(COc2cccc(Br)c2)o1. The van der Waals surface area contributed by atoms with Crippen molar-refractivity contribution >= 4 is 21.8 Å². The summed E-state index contributed by atoms with van der Waals surface area (Å²) >= 11 is 3.39. The van der Waals surface area contributed by atoms with Gasteiger partial charge in [-0.25, -0.2) is 0 Å². The van der Waals surface area contributed by atoms with Gasteiger partial charge >= 0.3 is 0 Å². The predicted octanol–water partition coefficient (Wildman–Crippen LogP) is 2.91. The highest BCUT2D eigenvalue weighted by Gasteiger charge is 2.15. The molecule has 0 aliphatic carbocycles. The van der Waals surface area contributed by atoms with E-state index in [0.717, 1.165) is 16.8 Å². The monoisotopic (exact) mass is 366 g/mol. The Labute approximate surface area is 138 Å². The van der Waals surface area contributed by atoms with Crippen molar-refractivity contribution in [2.45, 2.75) is 6.61 Å². The van der Waals surface area contributed by atoms with Crippen LogP contribution in [0.4, 0.5) is 0 Å². The van der Waals surface area contributed by atoms with Gasteiger partial charge in [-0.1, -0.05) is 22.0 Å². The van der Waals surface area contributed by atoms with Crippen molar-refractivity contribution in [2.24, 2.45) is 0 Å². The number of benzene rings is 1. The van der Waals surface area contributed by atoms with Crippen LogP contribution in [0.15, 0.2) is 45.3 Å². The first-order valence-electron chi connectivity index (χ1n) is 6.97. The number of furan rings is 1. The number of amides is 1. The summed E-state index contributed by atoms with van der Waals surface area (Å²) in [5.74, 6) is 1.55. The highest BCUT2D eigenvalue weighted by molar-refractivity contribution is 9.10. The maximum atomic E-state index is 12.1. The fourth-order valence-corrected chi connectivity index (χ4v) is 2.23. The standard InChI is InChI=1S/C16H19BrN2O3/c1-18-8-9-19(2)16(20)15-7-6-14(22-15)11-21-13-5-3-4-12(17)10-13/h3-7,10,18H,8-9,11H2,1-2H3. The molecule has 0 saturated heterocycles. The molecule has 5 nitrogen and oxygen atoms in total. The van der Waals surface area contributed by atoms with E-state index < -0.39 is 0 Å². The first-order valence-corrected chi connectivity index (χ1v) is 7.76. The van der Waals surface area contributed by atoms with Gasteiger partial charge in [-0.3, -0.25) is 4.79 Å². The maximum absolute atomic E-state index is 12.1. The van der Waals surface area contributed by atoms with E-state index >= 15 is 0 Å². The number of carbonyl (C=O) groups is 1. The number of halogens is 1. The van der Waals surface area contributed by atoms with Crippen LogP contribution < -0.4 is 10.1 Å². The van der Waals surface area contributed by atoms with Crippen molar-refractivity contribution in [1.29, 1.82) is 0 Å². The number of nitrogens with one attached hydrogen (secondary N) is 1. The Kier molecular flexibility index (Phi) is 6.03. The average Bonchev–Trinajstić information content (AvgIpc) is 2.99. The number of ether oxygens (including phenoxy) is 1. The van der Waals surface area contributed by atoms with Crippen LogP contribution in [-0.4, -0.2) is 38.0 Å². The van der Waals surface area contributed by atoms with E-state index in [1.165, 1.54) is 0 Å². The second kappa shape index (κ2) is 8.00. The third-order valence-electron chi connectivity index (χ3n) is 3.09. The largest absolute Gasteiger partial charge is 0.486 e. The molecule has 0 saturated carbocycles. The summed E-state index contributed by atoms with van der Waals surface area (Å²) in [5, 5.41) is 3.00. The maximum Gasteiger partial charge on any atom is 0.289 e. The van der Waals surface area contributed by atoms with Gasteiger partial charge in [0, 0.05) is 24.6 Å². The van der Waals surface area contributed by atoms with Crippen molar-refractivity contribution in [2.75, 3.05) is 27.2 Å². The van der Waals surface area contributed by atoms with Crippen LogP contribution in [0.1, 0.15) is 16.3 Å². The Morgan fingerprint density at radius 2 is 2.18 bits per heavy atom. The van der Waals surface area contributed by atoms with Crippen molar-refractivity contribution in [1.82, 2.24) is 10.2 Å². The minimum Gasteiger partial charge on any atom is -0.486 e. The van der Waals surface area contributed by atoms with Gasteiger partial charge in [0.25, 0.3) is 5.91 Å². The molecule has 0 aliphatic heterocycles. The lowest BCUT2D eigenvalue weighted by Crippen LogP contribution is -2.32. The van der Waals surface area contributed by atoms with Gasteiger partial charge in [0.15, 0.2) is 5.76 Å². The molecule has 22 heavy (non-hydrogen) atoms. The topological polar surface area (TPSA) is 54.7 Å². The molecule has 0 aliphatic rings. The second-order valence-electron chi connectivity index (χ2n) is 4.84. The van der Waals surface area contributed by atoms with Crippen LogP contribution in [0.2, 0.25) is 0 Å². The Bertz CT molecular complexity index is 627. The molecular formula is C16H19BrN2O3. The molecule has 2 aromatic rings. The normalized spacial score (nSPS) is 10.5. The molecule has 0 unspecified atom stereocenters. The van der Waals surface area contributed by atoms with E-state index in [1.807, 2.05) is 31.3 Å².